The molecule has 0 saturated carbocycles. The second-order valence-corrected chi connectivity index (χ2v) is 9.18. The van der Waals surface area contributed by atoms with Gasteiger partial charge in [-0.05, 0) is 32.6 Å². The van der Waals surface area contributed by atoms with E-state index in [1.807, 2.05) is 0 Å². The highest BCUT2D eigenvalue weighted by atomic mass is 32.2. The summed E-state index contributed by atoms with van der Waals surface area (Å²) in [5, 5.41) is 8.22. The van der Waals surface area contributed by atoms with Gasteiger partial charge in [-0.1, -0.05) is 5.16 Å². The monoisotopic (exact) mass is 417 g/mol. The van der Waals surface area contributed by atoms with Crippen LogP contribution in [0.5, 0.6) is 0 Å². The van der Waals surface area contributed by atoms with Crippen LogP contribution in [0.3, 0.4) is 0 Å². The Labute approximate surface area is 169 Å². The number of hydrogen-bond donors (Lipinski definition) is 0. The summed E-state index contributed by atoms with van der Waals surface area (Å²) in [4.78, 5) is 12.9. The van der Waals surface area contributed by atoms with Gasteiger partial charge in [0, 0.05) is 39.0 Å². The Morgan fingerprint density at radius 2 is 2.10 bits per heavy atom. The Morgan fingerprint density at radius 3 is 2.79 bits per heavy atom. The van der Waals surface area contributed by atoms with Crippen molar-refractivity contribution in [1.29, 1.82) is 0 Å². The molecule has 0 aliphatic carbocycles. The van der Waals surface area contributed by atoms with Crippen LogP contribution >= 0.6 is 0 Å². The van der Waals surface area contributed by atoms with Gasteiger partial charge >= 0.3 is 0 Å². The van der Waals surface area contributed by atoms with Crippen molar-refractivity contribution in [3.05, 3.63) is 35.9 Å². The van der Waals surface area contributed by atoms with Crippen LogP contribution in [0.15, 0.2) is 28.0 Å². The summed E-state index contributed by atoms with van der Waals surface area (Å²) < 4.78 is 35.0. The first-order valence-electron chi connectivity index (χ1n) is 9.45. The number of hydrogen-bond acceptors (Lipinski definition) is 8. The predicted molar refractivity (Wildman–Crippen MR) is 103 cm³/mol. The first-order valence-corrected chi connectivity index (χ1v) is 10.9. The fourth-order valence-electron chi connectivity index (χ4n) is 3.77. The largest absolute Gasteiger partial charge is 0.339 e. The van der Waals surface area contributed by atoms with Crippen LogP contribution < -0.4 is 0 Å². The molecule has 3 aromatic rings. The molecule has 4 heterocycles. The van der Waals surface area contributed by atoms with Crippen molar-refractivity contribution >= 4 is 10.0 Å². The van der Waals surface area contributed by atoms with Gasteiger partial charge in [-0.25, -0.2) is 13.4 Å². The van der Waals surface area contributed by atoms with Crippen molar-refractivity contribution in [3.63, 3.8) is 0 Å². The van der Waals surface area contributed by atoms with E-state index in [0.29, 0.717) is 53.2 Å². The molecular weight excluding hydrogens is 394 g/mol. The van der Waals surface area contributed by atoms with Gasteiger partial charge in [0.2, 0.25) is 21.7 Å². The molecule has 0 unspecified atom stereocenters. The quantitative estimate of drug-likeness (QED) is 0.613. The van der Waals surface area contributed by atoms with Crippen molar-refractivity contribution < 1.29 is 12.9 Å². The summed E-state index contributed by atoms with van der Waals surface area (Å²) in [6.07, 6.45) is 6.92. The summed E-state index contributed by atoms with van der Waals surface area (Å²) in [7, 11) is -1.85. The normalized spacial score (nSPS) is 18.2. The molecule has 1 aliphatic rings. The van der Waals surface area contributed by atoms with E-state index >= 15 is 0 Å². The molecule has 1 aliphatic heterocycles. The van der Waals surface area contributed by atoms with Crippen molar-refractivity contribution in [3.8, 4) is 11.5 Å². The van der Waals surface area contributed by atoms with E-state index in [1.54, 1.807) is 48.5 Å². The molecule has 3 aromatic heterocycles. The number of piperidine rings is 1. The second kappa shape index (κ2) is 7.64. The van der Waals surface area contributed by atoms with Gasteiger partial charge in [0.15, 0.2) is 0 Å². The maximum Gasteiger partial charge on any atom is 0.246 e. The standard InChI is InChI=1S/C18H23N7O3S/c1-12-17(13(2)24(3)22-12)29(26,27)25-8-4-5-14(11-25)9-16-21-18(23-28-16)15-10-19-6-7-20-15/h6-7,10,14H,4-5,8-9,11H2,1-3H3/t14-/m1/s1. The average molecular weight is 417 g/mol. The van der Waals surface area contributed by atoms with Crippen molar-refractivity contribution in [2.75, 3.05) is 13.1 Å². The molecule has 0 N–H and O–H groups in total. The highest BCUT2D eigenvalue weighted by Gasteiger charge is 2.34. The number of sulfonamides is 1. The Bertz CT molecular complexity index is 1110. The molecule has 10 nitrogen and oxygen atoms in total. The van der Waals surface area contributed by atoms with Crippen molar-refractivity contribution in [2.24, 2.45) is 13.0 Å². The summed E-state index contributed by atoms with van der Waals surface area (Å²) in [5.74, 6) is 0.963. The summed E-state index contributed by atoms with van der Waals surface area (Å²) >= 11 is 0. The lowest BCUT2D eigenvalue weighted by Crippen LogP contribution is -2.40. The summed E-state index contributed by atoms with van der Waals surface area (Å²) in [5.41, 5.74) is 1.71. The van der Waals surface area contributed by atoms with Gasteiger partial charge in [-0.2, -0.15) is 14.4 Å². The lowest BCUT2D eigenvalue weighted by atomic mass is 9.96. The van der Waals surface area contributed by atoms with Crippen LogP contribution in [-0.2, 0) is 23.5 Å². The van der Waals surface area contributed by atoms with Crippen LogP contribution in [0.4, 0.5) is 0 Å². The fourth-order valence-corrected chi connectivity index (χ4v) is 5.73. The number of aryl methyl sites for hydroxylation is 2. The highest BCUT2D eigenvalue weighted by molar-refractivity contribution is 7.89. The Kier molecular flexibility index (Phi) is 5.17. The molecule has 154 valence electrons. The fraction of sp³-hybridized carbons (Fsp3) is 0.500. The van der Waals surface area contributed by atoms with Gasteiger partial charge in [-0.15, -0.1) is 0 Å². The van der Waals surface area contributed by atoms with Crippen LogP contribution in [0.25, 0.3) is 11.5 Å². The molecule has 11 heteroatoms. The predicted octanol–water partition coefficient (Wildman–Crippen LogP) is 1.52. The maximum atomic E-state index is 13.2. The van der Waals surface area contributed by atoms with Crippen LogP contribution in [0.1, 0.15) is 30.1 Å². The number of nitrogens with zero attached hydrogens (tertiary/aromatic N) is 7. The minimum Gasteiger partial charge on any atom is -0.339 e. The van der Waals surface area contributed by atoms with Crippen LogP contribution in [0, 0.1) is 19.8 Å². The molecule has 1 fully saturated rings. The van der Waals surface area contributed by atoms with Gasteiger partial charge in [0.1, 0.15) is 10.6 Å². The van der Waals surface area contributed by atoms with E-state index in [9.17, 15) is 8.42 Å². The lowest BCUT2D eigenvalue weighted by molar-refractivity contribution is 0.247. The van der Waals surface area contributed by atoms with E-state index in [0.717, 1.165) is 12.8 Å². The minimum atomic E-state index is -3.60. The van der Waals surface area contributed by atoms with E-state index in [-0.39, 0.29) is 5.92 Å². The molecule has 0 radical (unpaired) electrons. The third kappa shape index (κ3) is 3.79. The Morgan fingerprint density at radius 1 is 1.28 bits per heavy atom. The van der Waals surface area contributed by atoms with Crippen LogP contribution in [0.2, 0.25) is 0 Å². The first kappa shape index (κ1) is 19.6. The third-order valence-corrected chi connectivity index (χ3v) is 7.36. The first-order chi connectivity index (χ1) is 13.9. The molecule has 0 bridgehead atoms. The molecular formula is C18H23N7O3S. The van der Waals surface area contributed by atoms with Gasteiger partial charge in [0.05, 0.1) is 17.6 Å². The molecule has 1 saturated heterocycles. The zero-order valence-corrected chi connectivity index (χ0v) is 17.4. The summed E-state index contributed by atoms with van der Waals surface area (Å²) in [6.45, 7) is 4.43. The average Bonchev–Trinajstić information content (AvgIpc) is 3.27. The van der Waals surface area contributed by atoms with E-state index in [2.05, 4.69) is 25.2 Å². The van der Waals surface area contributed by atoms with Gasteiger partial charge in [-0.3, -0.25) is 9.67 Å². The molecule has 4 rings (SSSR count). The lowest BCUT2D eigenvalue weighted by Gasteiger charge is -2.31. The zero-order chi connectivity index (χ0) is 20.6. The Hall–Kier alpha value is -2.66. The zero-order valence-electron chi connectivity index (χ0n) is 16.6. The molecule has 0 spiro atoms. The van der Waals surface area contributed by atoms with Crippen molar-refractivity contribution in [1.82, 2.24) is 34.2 Å². The second-order valence-electron chi connectivity index (χ2n) is 7.30. The number of rotatable bonds is 5. The smallest absolute Gasteiger partial charge is 0.246 e. The minimum absolute atomic E-state index is 0.103. The SMILES string of the molecule is Cc1nn(C)c(C)c1S(=O)(=O)N1CCC[C@H](Cc2nc(-c3cnccn3)no2)C1. The van der Waals surface area contributed by atoms with Crippen LogP contribution in [-0.4, -0.2) is 55.7 Å². The molecule has 0 aromatic carbocycles. The van der Waals surface area contributed by atoms with Crippen molar-refractivity contribution in [2.45, 2.75) is 38.0 Å². The van der Waals surface area contributed by atoms with Gasteiger partial charge in [0.25, 0.3) is 0 Å². The molecule has 0 amide bonds. The van der Waals surface area contributed by atoms with E-state index in [4.69, 9.17) is 4.52 Å². The Balaban J connectivity index is 1.50. The maximum absolute atomic E-state index is 13.2. The highest BCUT2D eigenvalue weighted by Crippen LogP contribution is 2.29. The van der Waals surface area contributed by atoms with E-state index < -0.39 is 10.0 Å². The third-order valence-electron chi connectivity index (χ3n) is 5.25. The van der Waals surface area contributed by atoms with E-state index in [1.165, 1.54) is 0 Å². The number of aromatic nitrogens is 6. The molecule has 29 heavy (non-hydrogen) atoms. The van der Waals surface area contributed by atoms with Gasteiger partial charge < -0.3 is 4.52 Å². The molecule has 1 atom stereocenters. The summed E-state index contributed by atoms with van der Waals surface area (Å²) in [6, 6.07) is 0. The topological polar surface area (TPSA) is 120 Å².